The van der Waals surface area contributed by atoms with Crippen LogP contribution in [0.5, 0.6) is 0 Å². The minimum atomic E-state index is -0.345. The van der Waals surface area contributed by atoms with E-state index in [2.05, 4.69) is 40.4 Å². The largest absolute Gasteiger partial charge is 0.465 e. The highest BCUT2D eigenvalue weighted by Gasteiger charge is 2.28. The molecule has 5 heteroatoms. The van der Waals surface area contributed by atoms with Crippen LogP contribution in [0.4, 0.5) is 11.4 Å². The SMILES string of the molecule is COC(=O)c1c(Br)ccc2c1NCC(C)(C)N2. The monoisotopic (exact) mass is 298 g/mol. The minimum absolute atomic E-state index is 0.0335. The highest BCUT2D eigenvalue weighted by atomic mass is 79.9. The Morgan fingerprint density at radius 3 is 2.82 bits per heavy atom. The maximum atomic E-state index is 11.7. The fourth-order valence-electron chi connectivity index (χ4n) is 1.88. The van der Waals surface area contributed by atoms with Gasteiger partial charge in [-0.25, -0.2) is 4.79 Å². The Kier molecular flexibility index (Phi) is 3.03. The molecule has 0 spiro atoms. The molecule has 1 aromatic carbocycles. The van der Waals surface area contributed by atoms with Gasteiger partial charge in [-0.05, 0) is 41.9 Å². The number of fused-ring (bicyclic) bond motifs is 1. The average molecular weight is 299 g/mol. The first kappa shape index (κ1) is 12.2. The van der Waals surface area contributed by atoms with E-state index in [4.69, 9.17) is 4.74 Å². The normalized spacial score (nSPS) is 16.5. The Morgan fingerprint density at radius 2 is 2.18 bits per heavy atom. The molecule has 0 unspecified atom stereocenters. The first-order valence-electron chi connectivity index (χ1n) is 5.37. The van der Waals surface area contributed by atoms with Gasteiger partial charge < -0.3 is 15.4 Å². The Bertz CT molecular complexity index is 472. The van der Waals surface area contributed by atoms with Crippen LogP contribution < -0.4 is 10.6 Å². The number of rotatable bonds is 1. The van der Waals surface area contributed by atoms with Crippen LogP contribution in [0.2, 0.25) is 0 Å². The van der Waals surface area contributed by atoms with E-state index in [1.54, 1.807) is 0 Å². The van der Waals surface area contributed by atoms with Crippen molar-refractivity contribution in [2.24, 2.45) is 0 Å². The smallest absolute Gasteiger partial charge is 0.341 e. The number of carbonyl (C=O) groups excluding carboxylic acids is 1. The quantitative estimate of drug-likeness (QED) is 0.783. The van der Waals surface area contributed by atoms with Gasteiger partial charge in [-0.2, -0.15) is 0 Å². The van der Waals surface area contributed by atoms with Crippen molar-refractivity contribution in [1.82, 2.24) is 0 Å². The van der Waals surface area contributed by atoms with Gasteiger partial charge in [0.15, 0.2) is 0 Å². The molecule has 0 amide bonds. The maximum absolute atomic E-state index is 11.7. The molecule has 2 N–H and O–H groups in total. The number of hydrogen-bond acceptors (Lipinski definition) is 4. The molecule has 0 fully saturated rings. The first-order chi connectivity index (χ1) is 7.94. The average Bonchev–Trinajstić information content (AvgIpc) is 2.27. The van der Waals surface area contributed by atoms with Crippen LogP contribution in [0.1, 0.15) is 24.2 Å². The second-order valence-electron chi connectivity index (χ2n) is 4.70. The summed E-state index contributed by atoms with van der Waals surface area (Å²) < 4.78 is 5.53. The lowest BCUT2D eigenvalue weighted by Gasteiger charge is -2.35. The van der Waals surface area contributed by atoms with Crippen molar-refractivity contribution in [3.63, 3.8) is 0 Å². The van der Waals surface area contributed by atoms with Gasteiger partial charge in [0, 0.05) is 16.6 Å². The number of anilines is 2. The van der Waals surface area contributed by atoms with Gasteiger partial charge in [-0.3, -0.25) is 0 Å². The van der Waals surface area contributed by atoms with Crippen LogP contribution in [0.15, 0.2) is 16.6 Å². The second kappa shape index (κ2) is 4.22. The van der Waals surface area contributed by atoms with Crippen LogP contribution in [-0.2, 0) is 4.74 Å². The van der Waals surface area contributed by atoms with Crippen molar-refractivity contribution in [2.75, 3.05) is 24.3 Å². The van der Waals surface area contributed by atoms with E-state index in [0.717, 1.165) is 22.4 Å². The summed E-state index contributed by atoms with van der Waals surface area (Å²) in [4.78, 5) is 11.7. The number of benzene rings is 1. The van der Waals surface area contributed by atoms with E-state index < -0.39 is 0 Å². The molecular weight excluding hydrogens is 284 g/mol. The molecule has 92 valence electrons. The fourth-order valence-corrected chi connectivity index (χ4v) is 2.38. The third-order valence-electron chi connectivity index (χ3n) is 2.72. The fraction of sp³-hybridized carbons (Fsp3) is 0.417. The van der Waals surface area contributed by atoms with E-state index in [1.807, 2.05) is 12.1 Å². The van der Waals surface area contributed by atoms with Gasteiger partial charge in [0.25, 0.3) is 0 Å². The van der Waals surface area contributed by atoms with Gasteiger partial charge >= 0.3 is 5.97 Å². The molecule has 0 bridgehead atoms. The van der Waals surface area contributed by atoms with Crippen LogP contribution in [0, 0.1) is 0 Å². The van der Waals surface area contributed by atoms with E-state index in [1.165, 1.54) is 7.11 Å². The molecule has 0 saturated carbocycles. The van der Waals surface area contributed by atoms with Crippen LogP contribution in [0.3, 0.4) is 0 Å². The second-order valence-corrected chi connectivity index (χ2v) is 5.55. The van der Waals surface area contributed by atoms with Gasteiger partial charge in [-0.15, -0.1) is 0 Å². The van der Waals surface area contributed by atoms with Crippen LogP contribution >= 0.6 is 15.9 Å². The van der Waals surface area contributed by atoms with Crippen LogP contribution in [-0.4, -0.2) is 25.2 Å². The number of methoxy groups -OCH3 is 1. The molecular formula is C12H15BrN2O2. The summed E-state index contributed by atoms with van der Waals surface area (Å²) in [6.07, 6.45) is 0. The zero-order valence-corrected chi connectivity index (χ0v) is 11.6. The summed E-state index contributed by atoms with van der Waals surface area (Å²) in [5, 5.41) is 6.68. The molecule has 0 radical (unpaired) electrons. The summed E-state index contributed by atoms with van der Waals surface area (Å²) in [5.41, 5.74) is 2.22. The Balaban J connectivity index is 2.52. The van der Waals surface area contributed by atoms with E-state index in [9.17, 15) is 4.79 Å². The lowest BCUT2D eigenvalue weighted by molar-refractivity contribution is 0.0600. The molecule has 1 heterocycles. The molecule has 17 heavy (non-hydrogen) atoms. The molecule has 4 nitrogen and oxygen atoms in total. The highest BCUT2D eigenvalue weighted by Crippen LogP contribution is 2.37. The van der Waals surface area contributed by atoms with Crippen molar-refractivity contribution >= 4 is 33.3 Å². The highest BCUT2D eigenvalue weighted by molar-refractivity contribution is 9.10. The molecule has 1 aromatic rings. The predicted octanol–water partition coefficient (Wildman–Crippen LogP) is 2.85. The summed E-state index contributed by atoms with van der Waals surface area (Å²) >= 11 is 3.38. The summed E-state index contributed by atoms with van der Waals surface area (Å²) in [5.74, 6) is -0.345. The van der Waals surface area contributed by atoms with Gasteiger partial charge in [0.1, 0.15) is 0 Å². The zero-order chi connectivity index (χ0) is 12.6. The van der Waals surface area contributed by atoms with Gasteiger partial charge in [0.2, 0.25) is 0 Å². The van der Waals surface area contributed by atoms with E-state index >= 15 is 0 Å². The topological polar surface area (TPSA) is 50.4 Å². The van der Waals surface area contributed by atoms with Crippen LogP contribution in [0.25, 0.3) is 0 Å². The van der Waals surface area contributed by atoms with Crippen molar-refractivity contribution in [2.45, 2.75) is 19.4 Å². The summed E-state index contributed by atoms with van der Waals surface area (Å²) in [7, 11) is 1.38. The number of nitrogens with one attached hydrogen (secondary N) is 2. The summed E-state index contributed by atoms with van der Waals surface area (Å²) in [6, 6.07) is 3.79. The van der Waals surface area contributed by atoms with Gasteiger partial charge in [0.05, 0.1) is 24.0 Å². The van der Waals surface area contributed by atoms with Crippen molar-refractivity contribution < 1.29 is 9.53 Å². The van der Waals surface area contributed by atoms with E-state index in [0.29, 0.717) is 5.56 Å². The maximum Gasteiger partial charge on any atom is 0.341 e. The minimum Gasteiger partial charge on any atom is -0.465 e. The molecule has 0 aromatic heterocycles. The lowest BCUT2D eigenvalue weighted by atomic mass is 9.99. The molecule has 0 saturated heterocycles. The zero-order valence-electron chi connectivity index (χ0n) is 10.1. The number of ether oxygens (including phenoxy) is 1. The number of halogens is 1. The lowest BCUT2D eigenvalue weighted by Crippen LogP contribution is -2.42. The Morgan fingerprint density at radius 1 is 1.47 bits per heavy atom. The Labute approximate surface area is 109 Å². The van der Waals surface area contributed by atoms with Crippen molar-refractivity contribution in [3.8, 4) is 0 Å². The molecule has 0 aliphatic carbocycles. The molecule has 1 aliphatic rings. The molecule has 0 atom stereocenters. The standard InChI is InChI=1S/C12H15BrN2O2/c1-12(2)6-14-10-8(15-12)5-4-7(13)9(10)11(16)17-3/h4-5,14-15H,6H2,1-3H3. The molecule has 2 rings (SSSR count). The molecule has 1 aliphatic heterocycles. The Hall–Kier alpha value is -1.23. The number of hydrogen-bond donors (Lipinski definition) is 2. The third kappa shape index (κ3) is 2.24. The first-order valence-corrected chi connectivity index (χ1v) is 6.17. The summed E-state index contributed by atoms with van der Waals surface area (Å²) in [6.45, 7) is 4.95. The number of carbonyl (C=O) groups is 1. The number of esters is 1. The van der Waals surface area contributed by atoms with Gasteiger partial charge in [-0.1, -0.05) is 0 Å². The predicted molar refractivity (Wildman–Crippen MR) is 71.7 cm³/mol. The van der Waals surface area contributed by atoms with Crippen molar-refractivity contribution in [3.05, 3.63) is 22.2 Å². The third-order valence-corrected chi connectivity index (χ3v) is 3.39. The van der Waals surface area contributed by atoms with Crippen molar-refractivity contribution in [1.29, 1.82) is 0 Å². The van der Waals surface area contributed by atoms with E-state index in [-0.39, 0.29) is 11.5 Å².